The molecular weight excluding hydrogens is 481 g/mol. The maximum absolute atomic E-state index is 11.4. The third-order valence-electron chi connectivity index (χ3n) is 4.25. The Hall–Kier alpha value is -0.480. The molecule has 1 heterocycles. The predicted octanol–water partition coefficient (Wildman–Crippen LogP) is 3.00. The molecule has 1 atom stereocenters. The van der Waals surface area contributed by atoms with Crippen molar-refractivity contribution in [2.45, 2.75) is 31.4 Å². The number of halogens is 1. The van der Waals surface area contributed by atoms with E-state index in [1.54, 1.807) is 0 Å². The monoisotopic (exact) mass is 511 g/mol. The quantitative estimate of drug-likeness (QED) is 0.374. The summed E-state index contributed by atoms with van der Waals surface area (Å²) in [5.41, 5.74) is 1.94. The zero-order valence-corrected chi connectivity index (χ0v) is 19.9. The van der Waals surface area contributed by atoms with Crippen molar-refractivity contribution in [3.05, 3.63) is 35.4 Å². The van der Waals surface area contributed by atoms with E-state index in [4.69, 9.17) is 0 Å². The number of thioether (sulfide) groups is 1. The van der Waals surface area contributed by atoms with Gasteiger partial charge in [-0.2, -0.15) is 11.8 Å². The van der Waals surface area contributed by atoms with Gasteiger partial charge in [-0.25, -0.2) is 8.42 Å². The van der Waals surface area contributed by atoms with E-state index in [2.05, 4.69) is 29.1 Å². The van der Waals surface area contributed by atoms with Crippen LogP contribution < -0.4 is 5.32 Å². The summed E-state index contributed by atoms with van der Waals surface area (Å²) < 4.78 is 22.7. The summed E-state index contributed by atoms with van der Waals surface area (Å²) in [5, 5.41) is 4.07. The molecular formula is C18H30IN3O2S2. The first-order valence-electron chi connectivity index (χ1n) is 8.61. The van der Waals surface area contributed by atoms with Crippen molar-refractivity contribution in [3.8, 4) is 0 Å². The molecule has 1 aliphatic heterocycles. The van der Waals surface area contributed by atoms with Crippen LogP contribution >= 0.6 is 35.7 Å². The van der Waals surface area contributed by atoms with Crippen LogP contribution in [0.5, 0.6) is 0 Å². The van der Waals surface area contributed by atoms with E-state index in [1.807, 2.05) is 43.1 Å². The lowest BCUT2D eigenvalue weighted by atomic mass is 10.1. The minimum Gasteiger partial charge on any atom is -0.352 e. The zero-order chi connectivity index (χ0) is 18.4. The van der Waals surface area contributed by atoms with Crippen molar-refractivity contribution >= 4 is 51.5 Å². The van der Waals surface area contributed by atoms with E-state index < -0.39 is 9.84 Å². The van der Waals surface area contributed by atoms with Crippen molar-refractivity contribution in [3.63, 3.8) is 0 Å². The van der Waals surface area contributed by atoms with E-state index in [0.29, 0.717) is 17.7 Å². The molecule has 1 fully saturated rings. The Bertz CT molecular complexity index is 691. The smallest absolute Gasteiger partial charge is 0.193 e. The number of hydrogen-bond donors (Lipinski definition) is 1. The average Bonchev–Trinajstić information content (AvgIpc) is 2.56. The number of aliphatic imine (C=N–C) groups is 1. The summed E-state index contributed by atoms with van der Waals surface area (Å²) in [7, 11) is -1.17. The molecule has 0 bridgehead atoms. The number of hydrogen-bond acceptors (Lipinski definition) is 4. The van der Waals surface area contributed by atoms with Crippen molar-refractivity contribution in [1.29, 1.82) is 0 Å². The highest BCUT2D eigenvalue weighted by Crippen LogP contribution is 2.24. The number of sulfone groups is 1. The van der Waals surface area contributed by atoms with Crippen molar-refractivity contribution < 1.29 is 8.42 Å². The molecule has 1 aliphatic rings. The van der Waals surface area contributed by atoms with Gasteiger partial charge < -0.3 is 10.2 Å². The van der Waals surface area contributed by atoms with Gasteiger partial charge in [0.15, 0.2) is 15.8 Å². The molecule has 0 spiro atoms. The van der Waals surface area contributed by atoms with Gasteiger partial charge in [0.05, 0.1) is 5.75 Å². The molecule has 1 unspecified atom stereocenters. The summed E-state index contributed by atoms with van der Waals surface area (Å²) in [4.78, 5) is 6.76. The lowest BCUT2D eigenvalue weighted by molar-refractivity contribution is 0.380. The Morgan fingerprint density at radius 2 is 1.92 bits per heavy atom. The van der Waals surface area contributed by atoms with Crippen LogP contribution in [0.4, 0.5) is 0 Å². The Morgan fingerprint density at radius 1 is 1.31 bits per heavy atom. The van der Waals surface area contributed by atoms with Crippen LogP contribution in [-0.2, 0) is 22.1 Å². The molecule has 8 heteroatoms. The first-order chi connectivity index (χ1) is 11.8. The highest BCUT2D eigenvalue weighted by atomic mass is 127. The Balaban J connectivity index is 0.00000338. The molecule has 0 saturated carbocycles. The minimum atomic E-state index is -2.99. The molecule has 1 saturated heterocycles. The molecule has 26 heavy (non-hydrogen) atoms. The fraction of sp³-hybridized carbons (Fsp3) is 0.611. The maximum Gasteiger partial charge on any atom is 0.193 e. The van der Waals surface area contributed by atoms with Gasteiger partial charge in [0.25, 0.3) is 0 Å². The van der Waals surface area contributed by atoms with Crippen LogP contribution in [0, 0.1) is 5.92 Å². The fourth-order valence-corrected chi connectivity index (χ4v) is 4.94. The second-order valence-electron chi connectivity index (χ2n) is 6.89. The van der Waals surface area contributed by atoms with Gasteiger partial charge in [-0.15, -0.1) is 24.0 Å². The molecule has 1 N–H and O–H groups in total. The topological polar surface area (TPSA) is 61.8 Å². The largest absolute Gasteiger partial charge is 0.352 e. The van der Waals surface area contributed by atoms with Crippen LogP contribution in [0.3, 0.4) is 0 Å². The molecule has 0 aromatic heterocycles. The van der Waals surface area contributed by atoms with Gasteiger partial charge in [0.2, 0.25) is 0 Å². The fourth-order valence-electron chi connectivity index (χ4n) is 2.84. The molecule has 2 rings (SSSR count). The summed E-state index contributed by atoms with van der Waals surface area (Å²) in [6.07, 6.45) is 1.26. The van der Waals surface area contributed by atoms with E-state index in [9.17, 15) is 8.42 Å². The average molecular weight is 511 g/mol. The number of rotatable bonds is 5. The molecule has 0 radical (unpaired) electrons. The first kappa shape index (κ1) is 23.6. The Labute approximate surface area is 179 Å². The summed E-state index contributed by atoms with van der Waals surface area (Å²) in [6.45, 7) is 7.27. The number of nitrogens with zero attached hydrogens (tertiary/aromatic N) is 2. The van der Waals surface area contributed by atoms with Gasteiger partial charge in [0, 0.05) is 43.9 Å². The van der Waals surface area contributed by atoms with E-state index in [0.717, 1.165) is 35.9 Å². The third kappa shape index (κ3) is 7.64. The van der Waals surface area contributed by atoms with E-state index in [-0.39, 0.29) is 29.7 Å². The maximum atomic E-state index is 11.4. The van der Waals surface area contributed by atoms with Crippen molar-refractivity contribution in [2.24, 2.45) is 10.9 Å². The highest BCUT2D eigenvalue weighted by molar-refractivity contribution is 14.0. The standard InChI is InChI=1S/C18H29N3O2S2.HI/c1-14(2)17-12-21(9-10-24-17)18(19-3)20-11-15-5-7-16(8-6-15)13-25(4,22)23;/h5-8,14,17H,9-13H2,1-4H3,(H,19,20);1H. The molecule has 1 aromatic carbocycles. The molecule has 0 aliphatic carbocycles. The predicted molar refractivity (Wildman–Crippen MR) is 123 cm³/mol. The first-order valence-corrected chi connectivity index (χ1v) is 11.7. The molecule has 0 amide bonds. The van der Waals surface area contributed by atoms with Crippen LogP contribution in [0.1, 0.15) is 25.0 Å². The molecule has 5 nitrogen and oxygen atoms in total. The SMILES string of the molecule is CN=C(NCc1ccc(CS(C)(=O)=O)cc1)N1CCSC(C(C)C)C1.I. The lowest BCUT2D eigenvalue weighted by Gasteiger charge is -2.36. The normalized spacial score (nSPS) is 18.6. The van der Waals surface area contributed by atoms with Crippen LogP contribution in [0.25, 0.3) is 0 Å². The molecule has 148 valence electrons. The van der Waals surface area contributed by atoms with Gasteiger partial charge in [-0.3, -0.25) is 4.99 Å². The van der Waals surface area contributed by atoms with Crippen LogP contribution in [0.2, 0.25) is 0 Å². The Kier molecular flexibility index (Phi) is 9.74. The second-order valence-corrected chi connectivity index (χ2v) is 10.4. The number of guanidine groups is 1. The number of nitrogens with one attached hydrogen (secondary N) is 1. The summed E-state index contributed by atoms with van der Waals surface area (Å²) in [5.74, 6) is 2.81. The van der Waals surface area contributed by atoms with E-state index >= 15 is 0 Å². The summed E-state index contributed by atoms with van der Waals surface area (Å²) >= 11 is 2.05. The Morgan fingerprint density at radius 3 is 2.46 bits per heavy atom. The zero-order valence-electron chi connectivity index (χ0n) is 15.9. The summed E-state index contributed by atoms with van der Waals surface area (Å²) in [6, 6.07) is 7.72. The highest BCUT2D eigenvalue weighted by Gasteiger charge is 2.24. The van der Waals surface area contributed by atoms with Gasteiger partial charge in [0.1, 0.15) is 0 Å². The van der Waals surface area contributed by atoms with E-state index in [1.165, 1.54) is 6.26 Å². The third-order valence-corrected chi connectivity index (χ3v) is 6.65. The van der Waals surface area contributed by atoms with Crippen LogP contribution in [0.15, 0.2) is 29.3 Å². The second kappa shape index (κ2) is 10.8. The number of benzene rings is 1. The van der Waals surface area contributed by atoms with Crippen molar-refractivity contribution in [1.82, 2.24) is 10.2 Å². The van der Waals surface area contributed by atoms with Gasteiger partial charge in [-0.05, 0) is 17.0 Å². The van der Waals surface area contributed by atoms with Gasteiger partial charge >= 0.3 is 0 Å². The van der Waals surface area contributed by atoms with Crippen LogP contribution in [-0.4, -0.2) is 56.7 Å². The van der Waals surface area contributed by atoms with Gasteiger partial charge in [-0.1, -0.05) is 38.1 Å². The minimum absolute atomic E-state index is 0. The van der Waals surface area contributed by atoms with Crippen molar-refractivity contribution in [2.75, 3.05) is 32.1 Å². The lowest BCUT2D eigenvalue weighted by Crippen LogP contribution is -2.48. The molecule has 1 aromatic rings.